The summed E-state index contributed by atoms with van der Waals surface area (Å²) in [7, 11) is -1.43. The van der Waals surface area contributed by atoms with E-state index in [1.165, 1.54) is 5.56 Å². The topological polar surface area (TPSA) is 49.4 Å². The highest BCUT2D eigenvalue weighted by atomic mass is 32.2. The second-order valence-corrected chi connectivity index (χ2v) is 6.70. The smallest absolute Gasteiger partial charge is 0.240 e. The van der Waals surface area contributed by atoms with E-state index in [-0.39, 0.29) is 0 Å². The number of likely N-dealkylation sites (N-methyl/N-ethyl adjacent to an activating group) is 1. The molecular weight excluding hydrogens is 284 g/mol. The highest BCUT2D eigenvalue weighted by Gasteiger charge is 2.12. The Kier molecular flexibility index (Phi) is 5.50. The summed E-state index contributed by atoms with van der Waals surface area (Å²) in [6, 6.07) is 18.5. The summed E-state index contributed by atoms with van der Waals surface area (Å²) < 4.78 is 26.7. The number of nitrogens with one attached hydrogen (secondary N) is 1. The molecule has 4 nitrogen and oxygen atoms in total. The van der Waals surface area contributed by atoms with Gasteiger partial charge in [-0.3, -0.25) is 0 Å². The van der Waals surface area contributed by atoms with Crippen molar-refractivity contribution in [1.82, 2.24) is 9.62 Å². The molecular formula is C16H20N2O2S. The first kappa shape index (κ1) is 15.7. The molecule has 0 aliphatic heterocycles. The van der Waals surface area contributed by atoms with E-state index >= 15 is 0 Å². The molecule has 2 aromatic carbocycles. The molecule has 0 saturated heterocycles. The van der Waals surface area contributed by atoms with Gasteiger partial charge in [-0.1, -0.05) is 48.5 Å². The van der Waals surface area contributed by atoms with Gasteiger partial charge >= 0.3 is 0 Å². The predicted molar refractivity (Wildman–Crippen MR) is 84.4 cm³/mol. The van der Waals surface area contributed by atoms with Crippen molar-refractivity contribution in [1.29, 1.82) is 0 Å². The highest BCUT2D eigenvalue weighted by Crippen LogP contribution is 2.07. The van der Waals surface area contributed by atoms with Gasteiger partial charge < -0.3 is 4.90 Å². The molecule has 0 saturated carbocycles. The Hall–Kier alpha value is -1.69. The number of hydrogen-bond donors (Lipinski definition) is 1. The van der Waals surface area contributed by atoms with E-state index in [0.29, 0.717) is 18.0 Å². The molecule has 0 aliphatic rings. The van der Waals surface area contributed by atoms with Crippen LogP contribution in [0.4, 0.5) is 0 Å². The summed E-state index contributed by atoms with van der Waals surface area (Å²) in [4.78, 5) is 2.39. The molecule has 2 rings (SSSR count). The van der Waals surface area contributed by atoms with Crippen LogP contribution in [0.5, 0.6) is 0 Å². The van der Waals surface area contributed by atoms with Crippen molar-refractivity contribution < 1.29 is 8.42 Å². The molecule has 112 valence electrons. The minimum atomic E-state index is -3.41. The number of nitrogens with zero attached hydrogens (tertiary/aromatic N) is 1. The largest absolute Gasteiger partial charge is 0.301 e. The van der Waals surface area contributed by atoms with Crippen molar-refractivity contribution in [2.75, 3.05) is 20.1 Å². The highest BCUT2D eigenvalue weighted by molar-refractivity contribution is 7.89. The van der Waals surface area contributed by atoms with Crippen molar-refractivity contribution in [3.8, 4) is 0 Å². The van der Waals surface area contributed by atoms with Crippen molar-refractivity contribution in [2.45, 2.75) is 11.4 Å². The number of rotatable bonds is 7. The van der Waals surface area contributed by atoms with E-state index in [2.05, 4.69) is 21.8 Å². The van der Waals surface area contributed by atoms with Gasteiger partial charge in [-0.25, -0.2) is 13.1 Å². The zero-order chi connectivity index (χ0) is 15.1. The predicted octanol–water partition coefficient (Wildman–Crippen LogP) is 2.10. The van der Waals surface area contributed by atoms with Gasteiger partial charge in [0, 0.05) is 19.6 Å². The third kappa shape index (κ3) is 4.97. The first-order chi connectivity index (χ1) is 10.1. The maximum Gasteiger partial charge on any atom is 0.240 e. The van der Waals surface area contributed by atoms with Crippen molar-refractivity contribution in [3.05, 3.63) is 66.2 Å². The quantitative estimate of drug-likeness (QED) is 0.852. The summed E-state index contributed by atoms with van der Waals surface area (Å²) in [5.41, 5.74) is 1.21. The molecule has 0 amide bonds. The first-order valence-electron chi connectivity index (χ1n) is 6.85. The lowest BCUT2D eigenvalue weighted by Crippen LogP contribution is -2.32. The van der Waals surface area contributed by atoms with Crippen LogP contribution < -0.4 is 4.72 Å². The molecule has 0 atom stereocenters. The van der Waals surface area contributed by atoms with Crippen molar-refractivity contribution in [2.24, 2.45) is 0 Å². The monoisotopic (exact) mass is 304 g/mol. The van der Waals surface area contributed by atoms with E-state index in [1.807, 2.05) is 25.2 Å². The van der Waals surface area contributed by atoms with Gasteiger partial charge in [0.2, 0.25) is 10.0 Å². The maximum atomic E-state index is 12.0. The molecule has 0 unspecified atom stereocenters. The fourth-order valence-corrected chi connectivity index (χ4v) is 3.07. The lowest BCUT2D eigenvalue weighted by molar-refractivity contribution is 0.332. The molecule has 0 bridgehead atoms. The van der Waals surface area contributed by atoms with E-state index in [4.69, 9.17) is 0 Å². The van der Waals surface area contributed by atoms with Crippen LogP contribution in [-0.2, 0) is 16.6 Å². The summed E-state index contributed by atoms with van der Waals surface area (Å²) in [5, 5.41) is 0. The molecule has 0 spiro atoms. The lowest BCUT2D eigenvalue weighted by atomic mass is 10.2. The minimum Gasteiger partial charge on any atom is -0.301 e. The van der Waals surface area contributed by atoms with Crippen LogP contribution >= 0.6 is 0 Å². The van der Waals surface area contributed by atoms with Crippen LogP contribution in [0.2, 0.25) is 0 Å². The third-order valence-electron chi connectivity index (χ3n) is 3.13. The fourth-order valence-electron chi connectivity index (χ4n) is 2.03. The second kappa shape index (κ2) is 7.36. The van der Waals surface area contributed by atoms with Crippen LogP contribution in [0.3, 0.4) is 0 Å². The molecule has 21 heavy (non-hydrogen) atoms. The number of benzene rings is 2. The number of hydrogen-bond acceptors (Lipinski definition) is 3. The van der Waals surface area contributed by atoms with Crippen molar-refractivity contribution in [3.63, 3.8) is 0 Å². The molecule has 5 heteroatoms. The summed E-state index contributed by atoms with van der Waals surface area (Å²) >= 11 is 0. The zero-order valence-electron chi connectivity index (χ0n) is 12.1. The summed E-state index contributed by atoms with van der Waals surface area (Å²) in [6.45, 7) is 1.84. The van der Waals surface area contributed by atoms with E-state index < -0.39 is 10.0 Å². The summed E-state index contributed by atoms with van der Waals surface area (Å²) in [5.74, 6) is 0. The molecule has 0 heterocycles. The SMILES string of the molecule is CN(CCNS(=O)(=O)c1ccccc1)Cc1ccccc1. The Labute approximate surface area is 126 Å². The van der Waals surface area contributed by atoms with Gasteiger partial charge in [-0.2, -0.15) is 0 Å². The average Bonchev–Trinajstić information content (AvgIpc) is 2.49. The van der Waals surface area contributed by atoms with E-state index in [0.717, 1.165) is 6.54 Å². The maximum absolute atomic E-state index is 12.0. The van der Waals surface area contributed by atoms with E-state index in [9.17, 15) is 8.42 Å². The Balaban J connectivity index is 1.81. The van der Waals surface area contributed by atoms with Gasteiger partial charge in [0.25, 0.3) is 0 Å². The van der Waals surface area contributed by atoms with Gasteiger partial charge in [0.1, 0.15) is 0 Å². The Bertz CT molecular complexity index is 642. The van der Waals surface area contributed by atoms with Crippen LogP contribution in [-0.4, -0.2) is 33.5 Å². The Morgan fingerprint density at radius 1 is 0.952 bits per heavy atom. The van der Waals surface area contributed by atoms with Crippen LogP contribution in [0.1, 0.15) is 5.56 Å². The molecule has 2 aromatic rings. The lowest BCUT2D eigenvalue weighted by Gasteiger charge is -2.17. The van der Waals surface area contributed by atoms with Gasteiger partial charge in [0.05, 0.1) is 4.90 Å². The van der Waals surface area contributed by atoms with Crippen LogP contribution in [0.15, 0.2) is 65.6 Å². The van der Waals surface area contributed by atoms with Gasteiger partial charge in [-0.05, 0) is 24.7 Å². The van der Waals surface area contributed by atoms with Crippen LogP contribution in [0, 0.1) is 0 Å². The van der Waals surface area contributed by atoms with Crippen molar-refractivity contribution >= 4 is 10.0 Å². The fraction of sp³-hybridized carbons (Fsp3) is 0.250. The first-order valence-corrected chi connectivity index (χ1v) is 8.33. The van der Waals surface area contributed by atoms with Gasteiger partial charge in [0.15, 0.2) is 0 Å². The standard InChI is InChI=1S/C16H20N2O2S/c1-18(14-15-8-4-2-5-9-15)13-12-17-21(19,20)16-10-6-3-7-11-16/h2-11,17H,12-14H2,1H3. The molecule has 0 aliphatic carbocycles. The zero-order valence-corrected chi connectivity index (χ0v) is 12.9. The molecule has 0 fully saturated rings. The Morgan fingerprint density at radius 2 is 1.52 bits per heavy atom. The second-order valence-electron chi connectivity index (χ2n) is 4.93. The van der Waals surface area contributed by atoms with Gasteiger partial charge in [-0.15, -0.1) is 0 Å². The normalized spacial score (nSPS) is 11.7. The number of sulfonamides is 1. The molecule has 1 N–H and O–H groups in total. The summed E-state index contributed by atoms with van der Waals surface area (Å²) in [6.07, 6.45) is 0. The molecule has 0 radical (unpaired) electrons. The minimum absolute atomic E-state index is 0.302. The average molecular weight is 304 g/mol. The van der Waals surface area contributed by atoms with Crippen LogP contribution in [0.25, 0.3) is 0 Å². The Morgan fingerprint density at radius 3 is 2.14 bits per heavy atom. The van der Waals surface area contributed by atoms with E-state index in [1.54, 1.807) is 30.3 Å². The third-order valence-corrected chi connectivity index (χ3v) is 4.61. The molecule has 0 aromatic heterocycles.